The van der Waals surface area contributed by atoms with E-state index in [4.69, 9.17) is 0 Å². The number of nitrogens with one attached hydrogen (secondary N) is 1. The second-order valence-corrected chi connectivity index (χ2v) is 7.97. The molecule has 0 spiro atoms. The largest absolute Gasteiger partial charge is 0.480 e. The lowest BCUT2D eigenvalue weighted by Crippen LogP contribution is -2.54. The fraction of sp³-hybridized carbons (Fsp3) is 0.412. The van der Waals surface area contributed by atoms with Crippen LogP contribution in [-0.2, 0) is 19.6 Å². The van der Waals surface area contributed by atoms with Crippen molar-refractivity contribution < 1.29 is 23.1 Å². The zero-order valence-corrected chi connectivity index (χ0v) is 14.4. The molecule has 0 radical (unpaired) electrons. The number of nitrogens with zero attached hydrogens (tertiary/aromatic N) is 1. The normalized spacial score (nSPS) is 26.8. The summed E-state index contributed by atoms with van der Waals surface area (Å²) < 4.78 is 27.5. The number of sulfonamides is 1. The van der Waals surface area contributed by atoms with Gasteiger partial charge in [0.15, 0.2) is 0 Å². The van der Waals surface area contributed by atoms with E-state index in [1.165, 1.54) is 17.0 Å². The lowest BCUT2D eigenvalue weighted by atomic mass is 10.1. The molecule has 1 fully saturated rings. The Bertz CT molecular complexity index is 791. The van der Waals surface area contributed by atoms with Crippen molar-refractivity contribution >= 4 is 21.9 Å². The number of aliphatic carboxylic acids is 1. The highest BCUT2D eigenvalue weighted by atomic mass is 32.2. The summed E-state index contributed by atoms with van der Waals surface area (Å²) >= 11 is 0. The molecule has 3 atom stereocenters. The summed E-state index contributed by atoms with van der Waals surface area (Å²) in [4.78, 5) is 25.8. The van der Waals surface area contributed by atoms with Gasteiger partial charge in [-0.3, -0.25) is 4.79 Å². The summed E-state index contributed by atoms with van der Waals surface area (Å²) in [6.07, 6.45) is 5.44. The van der Waals surface area contributed by atoms with Crippen molar-refractivity contribution in [1.29, 1.82) is 0 Å². The van der Waals surface area contributed by atoms with Crippen LogP contribution < -0.4 is 4.72 Å². The van der Waals surface area contributed by atoms with Crippen molar-refractivity contribution in [2.24, 2.45) is 0 Å². The van der Waals surface area contributed by atoms with Crippen molar-refractivity contribution in [3.63, 3.8) is 0 Å². The van der Waals surface area contributed by atoms with Crippen LogP contribution in [0.3, 0.4) is 0 Å². The molecule has 1 aromatic carbocycles. The van der Waals surface area contributed by atoms with Gasteiger partial charge in [0.05, 0.1) is 4.90 Å². The molecule has 134 valence electrons. The Hall–Kier alpha value is -2.19. The van der Waals surface area contributed by atoms with Crippen LogP contribution >= 0.6 is 0 Å². The maximum atomic E-state index is 12.9. The van der Waals surface area contributed by atoms with Crippen molar-refractivity contribution in [2.45, 2.75) is 48.7 Å². The van der Waals surface area contributed by atoms with E-state index >= 15 is 0 Å². The van der Waals surface area contributed by atoms with Gasteiger partial charge in [0.2, 0.25) is 15.9 Å². The third kappa shape index (κ3) is 3.59. The summed E-state index contributed by atoms with van der Waals surface area (Å²) in [6.45, 7) is 0. The first-order chi connectivity index (χ1) is 11.9. The molecule has 0 saturated carbocycles. The van der Waals surface area contributed by atoms with Crippen molar-refractivity contribution in [2.75, 3.05) is 0 Å². The molecule has 1 amide bonds. The van der Waals surface area contributed by atoms with Gasteiger partial charge in [-0.25, -0.2) is 13.2 Å². The lowest BCUT2D eigenvalue weighted by molar-refractivity contribution is -0.150. The summed E-state index contributed by atoms with van der Waals surface area (Å²) in [7, 11) is -3.87. The maximum Gasteiger partial charge on any atom is 0.326 e. The molecular formula is C17H20N2O5S. The highest BCUT2D eigenvalue weighted by Crippen LogP contribution is 2.29. The molecule has 2 aliphatic heterocycles. The van der Waals surface area contributed by atoms with Crippen LogP contribution in [-0.4, -0.2) is 48.4 Å². The number of hydrogen-bond acceptors (Lipinski definition) is 4. The number of rotatable bonds is 4. The zero-order chi connectivity index (χ0) is 18.0. The van der Waals surface area contributed by atoms with Gasteiger partial charge in [0.1, 0.15) is 12.1 Å². The van der Waals surface area contributed by atoms with Crippen LogP contribution in [0.5, 0.6) is 0 Å². The van der Waals surface area contributed by atoms with Gasteiger partial charge in [-0.1, -0.05) is 30.4 Å². The van der Waals surface area contributed by atoms with Crippen molar-refractivity contribution in [3.05, 3.63) is 42.5 Å². The van der Waals surface area contributed by atoms with E-state index in [1.54, 1.807) is 24.3 Å². The summed E-state index contributed by atoms with van der Waals surface area (Å²) in [5.41, 5.74) is 0. The summed E-state index contributed by atoms with van der Waals surface area (Å²) in [5, 5.41) is 9.38. The van der Waals surface area contributed by atoms with E-state index in [0.29, 0.717) is 19.3 Å². The monoisotopic (exact) mass is 364 g/mol. The van der Waals surface area contributed by atoms with E-state index in [9.17, 15) is 23.1 Å². The van der Waals surface area contributed by atoms with E-state index in [-0.39, 0.29) is 17.4 Å². The fourth-order valence-corrected chi connectivity index (χ4v) is 4.63. The molecule has 7 nitrogen and oxygen atoms in total. The van der Waals surface area contributed by atoms with Gasteiger partial charge in [0.25, 0.3) is 0 Å². The van der Waals surface area contributed by atoms with E-state index in [2.05, 4.69) is 4.72 Å². The number of carboxylic acids is 1. The Morgan fingerprint density at radius 2 is 1.80 bits per heavy atom. The standard InChI is InChI=1S/C17H20N2O5S/c20-16-14(18-25(23,24)13-7-2-1-3-8-13)9-5-4-6-12-10-11-15(17(21)22)19(12)16/h1-5,7-8,12,14-15,18H,6,9-11H2,(H,21,22)/t12-,14+,15+/m1/s1. The number of fused-ring (bicyclic) bond motifs is 1. The quantitative estimate of drug-likeness (QED) is 0.780. The molecule has 2 heterocycles. The number of carbonyl (C=O) groups is 2. The first-order valence-electron chi connectivity index (χ1n) is 8.17. The predicted octanol–water partition coefficient (Wildman–Crippen LogP) is 1.13. The number of carbonyl (C=O) groups excluding carboxylic acids is 1. The molecule has 1 saturated heterocycles. The second kappa shape index (κ2) is 6.97. The highest BCUT2D eigenvalue weighted by Gasteiger charge is 2.43. The molecule has 2 N–H and O–H groups in total. The smallest absolute Gasteiger partial charge is 0.326 e. The number of hydrogen-bond donors (Lipinski definition) is 2. The Kier molecular flexibility index (Phi) is 4.91. The molecule has 1 aromatic rings. The lowest BCUT2D eigenvalue weighted by Gasteiger charge is -2.32. The maximum absolute atomic E-state index is 12.9. The predicted molar refractivity (Wildman–Crippen MR) is 90.2 cm³/mol. The Morgan fingerprint density at radius 3 is 2.48 bits per heavy atom. The number of amides is 1. The number of benzene rings is 1. The minimum Gasteiger partial charge on any atom is -0.480 e. The Labute approximate surface area is 146 Å². The van der Waals surface area contributed by atoms with Crippen molar-refractivity contribution in [3.8, 4) is 0 Å². The molecular weight excluding hydrogens is 344 g/mol. The first kappa shape index (κ1) is 17.6. The van der Waals surface area contributed by atoms with Gasteiger partial charge >= 0.3 is 5.97 Å². The van der Waals surface area contributed by atoms with Crippen LogP contribution in [0, 0.1) is 0 Å². The second-order valence-electron chi connectivity index (χ2n) is 6.26. The minimum atomic E-state index is -3.87. The third-order valence-electron chi connectivity index (χ3n) is 4.64. The topological polar surface area (TPSA) is 104 Å². The van der Waals surface area contributed by atoms with Crippen LogP contribution in [0.25, 0.3) is 0 Å². The Balaban J connectivity index is 1.88. The summed E-state index contributed by atoms with van der Waals surface area (Å²) in [5.74, 6) is -1.52. The fourth-order valence-electron chi connectivity index (χ4n) is 3.41. The van der Waals surface area contributed by atoms with Crippen LogP contribution in [0.2, 0.25) is 0 Å². The summed E-state index contributed by atoms with van der Waals surface area (Å²) in [6, 6.07) is 5.70. The molecule has 0 unspecified atom stereocenters. The molecule has 0 aromatic heterocycles. The van der Waals surface area contributed by atoms with E-state index in [1.807, 2.05) is 6.08 Å². The van der Waals surface area contributed by atoms with E-state index in [0.717, 1.165) is 0 Å². The van der Waals surface area contributed by atoms with Crippen LogP contribution in [0.15, 0.2) is 47.4 Å². The molecule has 8 heteroatoms. The molecule has 3 rings (SSSR count). The average molecular weight is 364 g/mol. The SMILES string of the molecule is O=C(O)[C@@H]1CC[C@H]2CC=CC[C@H](NS(=O)(=O)c3ccccc3)C(=O)N21. The van der Waals surface area contributed by atoms with Gasteiger partial charge in [-0.05, 0) is 37.8 Å². The van der Waals surface area contributed by atoms with Crippen molar-refractivity contribution in [1.82, 2.24) is 9.62 Å². The molecule has 2 aliphatic rings. The van der Waals surface area contributed by atoms with Crippen LogP contribution in [0.1, 0.15) is 25.7 Å². The van der Waals surface area contributed by atoms with Gasteiger partial charge < -0.3 is 10.0 Å². The minimum absolute atomic E-state index is 0.0709. The third-order valence-corrected chi connectivity index (χ3v) is 6.13. The highest BCUT2D eigenvalue weighted by molar-refractivity contribution is 7.89. The molecule has 0 aliphatic carbocycles. The van der Waals surface area contributed by atoms with E-state index < -0.39 is 34.0 Å². The molecule has 25 heavy (non-hydrogen) atoms. The van der Waals surface area contributed by atoms with Gasteiger partial charge in [0, 0.05) is 6.04 Å². The van der Waals surface area contributed by atoms with Crippen LogP contribution in [0.4, 0.5) is 0 Å². The first-order valence-corrected chi connectivity index (χ1v) is 9.66. The van der Waals surface area contributed by atoms with Gasteiger partial charge in [-0.15, -0.1) is 0 Å². The molecule has 0 bridgehead atoms. The Morgan fingerprint density at radius 1 is 1.12 bits per heavy atom. The van der Waals surface area contributed by atoms with Gasteiger partial charge in [-0.2, -0.15) is 4.72 Å². The number of carboxylic acid groups (broad SMARTS) is 1. The average Bonchev–Trinajstić information content (AvgIpc) is 3.00. The zero-order valence-electron chi connectivity index (χ0n) is 13.5.